The van der Waals surface area contributed by atoms with Crippen LogP contribution in [0.15, 0.2) is 37.1 Å². The predicted octanol–water partition coefficient (Wildman–Crippen LogP) is 2.13. The Balaban J connectivity index is 1.19. The van der Waals surface area contributed by atoms with Crippen molar-refractivity contribution in [2.24, 2.45) is 0 Å². The number of aromatic nitrogens is 5. The van der Waals surface area contributed by atoms with Crippen LogP contribution in [-0.2, 0) is 30.6 Å². The summed E-state index contributed by atoms with van der Waals surface area (Å²) in [6.07, 6.45) is 0.0597. The number of fused-ring (bicyclic) bond motifs is 1. The minimum absolute atomic E-state index is 0.0364. The van der Waals surface area contributed by atoms with Gasteiger partial charge in [-0.15, -0.1) is 0 Å². The van der Waals surface area contributed by atoms with Crippen molar-refractivity contribution in [1.29, 1.82) is 0 Å². The topological polar surface area (TPSA) is 115 Å². The largest absolute Gasteiger partial charge is 0.416 e. The van der Waals surface area contributed by atoms with Crippen LogP contribution in [0.1, 0.15) is 22.4 Å². The first-order valence-electron chi connectivity index (χ1n) is 12.1. The summed E-state index contributed by atoms with van der Waals surface area (Å²) in [5, 5.41) is 5.61. The Hall–Kier alpha value is -3.91. The highest BCUT2D eigenvalue weighted by molar-refractivity contribution is 5.78. The quantitative estimate of drug-likeness (QED) is 0.473. The van der Waals surface area contributed by atoms with Crippen LogP contribution in [0.5, 0.6) is 0 Å². The Morgan fingerprint density at radius 3 is 2.50 bits per heavy atom. The second kappa shape index (κ2) is 10.8. The van der Waals surface area contributed by atoms with Crippen LogP contribution in [-0.4, -0.2) is 85.3 Å². The fourth-order valence-corrected chi connectivity index (χ4v) is 4.61. The van der Waals surface area contributed by atoms with Crippen LogP contribution in [0, 0.1) is 0 Å². The first kappa shape index (κ1) is 25.7. The van der Waals surface area contributed by atoms with E-state index in [1.54, 1.807) is 19.3 Å². The summed E-state index contributed by atoms with van der Waals surface area (Å²) < 4.78 is 40.9. The minimum atomic E-state index is -4.51. The van der Waals surface area contributed by atoms with Crippen molar-refractivity contribution in [3.63, 3.8) is 0 Å². The van der Waals surface area contributed by atoms with E-state index in [-0.39, 0.29) is 17.5 Å². The molecule has 1 amide bonds. The number of amides is 1. The molecule has 0 spiro atoms. The van der Waals surface area contributed by atoms with Crippen molar-refractivity contribution >= 4 is 23.5 Å². The molecule has 0 saturated carbocycles. The third-order valence-electron chi connectivity index (χ3n) is 6.51. The van der Waals surface area contributed by atoms with Gasteiger partial charge in [-0.2, -0.15) is 18.2 Å². The average molecular weight is 529 g/mol. The van der Waals surface area contributed by atoms with Crippen LogP contribution in [0.25, 0.3) is 0 Å². The number of hydrogen-bond donors (Lipinski definition) is 2. The lowest BCUT2D eigenvalue weighted by atomic mass is 10.1. The van der Waals surface area contributed by atoms with Gasteiger partial charge in [-0.25, -0.2) is 19.9 Å². The Morgan fingerprint density at radius 1 is 0.974 bits per heavy atom. The molecule has 2 N–H and O–H groups in total. The second-order valence-corrected chi connectivity index (χ2v) is 9.22. The van der Waals surface area contributed by atoms with Crippen molar-refractivity contribution in [2.75, 3.05) is 50.4 Å². The highest BCUT2D eigenvalue weighted by Crippen LogP contribution is 2.33. The van der Waals surface area contributed by atoms with Gasteiger partial charge < -0.3 is 15.5 Å². The first-order valence-corrected chi connectivity index (χ1v) is 12.1. The molecule has 0 bridgehead atoms. The highest BCUT2D eigenvalue weighted by atomic mass is 19.4. The fourth-order valence-electron chi connectivity index (χ4n) is 4.61. The number of carbonyl (C=O) groups excluding carboxylic acids is 1. The average Bonchev–Trinajstić information content (AvgIpc) is 3.31. The fraction of sp³-hybridized carbons (Fsp3) is 0.417. The van der Waals surface area contributed by atoms with E-state index in [9.17, 15) is 18.0 Å². The maximum absolute atomic E-state index is 13.6. The lowest BCUT2D eigenvalue weighted by Gasteiger charge is -2.35. The number of hydrogen-bond acceptors (Lipinski definition) is 10. The van der Waals surface area contributed by atoms with E-state index in [4.69, 9.17) is 0 Å². The number of halogens is 3. The highest BCUT2D eigenvalue weighted by Gasteiger charge is 2.32. The zero-order valence-corrected chi connectivity index (χ0v) is 20.7. The van der Waals surface area contributed by atoms with E-state index >= 15 is 0 Å². The Morgan fingerprint density at radius 2 is 1.76 bits per heavy atom. The predicted molar refractivity (Wildman–Crippen MR) is 132 cm³/mol. The van der Waals surface area contributed by atoms with Gasteiger partial charge in [0.05, 0.1) is 17.8 Å². The smallest absolute Gasteiger partial charge is 0.357 e. The molecule has 38 heavy (non-hydrogen) atoms. The van der Waals surface area contributed by atoms with Gasteiger partial charge in [-0.05, 0) is 23.8 Å². The molecule has 0 aliphatic carbocycles. The van der Waals surface area contributed by atoms with E-state index in [2.05, 4.69) is 35.6 Å². The summed E-state index contributed by atoms with van der Waals surface area (Å²) in [6.45, 7) is 4.04. The third kappa shape index (κ3) is 6.14. The van der Waals surface area contributed by atoms with E-state index in [0.29, 0.717) is 63.9 Å². The third-order valence-corrected chi connectivity index (χ3v) is 6.51. The lowest BCUT2D eigenvalue weighted by Crippen LogP contribution is -2.50. The van der Waals surface area contributed by atoms with E-state index in [1.807, 2.05) is 14.7 Å². The number of alkyl halides is 3. The van der Waals surface area contributed by atoms with Gasteiger partial charge in [0, 0.05) is 70.3 Å². The summed E-state index contributed by atoms with van der Waals surface area (Å²) in [4.78, 5) is 39.1. The van der Waals surface area contributed by atoms with Crippen LogP contribution < -0.4 is 10.6 Å². The molecule has 200 valence electrons. The molecule has 0 radical (unpaired) electrons. The molecule has 0 atom stereocenters. The van der Waals surface area contributed by atoms with E-state index < -0.39 is 11.7 Å². The Labute approximate surface area is 217 Å². The molecular formula is C24H27F3N10O. The standard InChI is InChI=1S/C24H27F3N10O/c1-28-22-31-15-32-23(34-22)33-19-7-16(6-18(8-19)24(25,26)27)10-35-2-4-37(5-3-35)21(38)13-36-11-17-9-29-14-30-20(17)12-36/h6-9,14-15H,2-5,10-13H2,1H3,(H2,28,31,32,33,34). The first-order chi connectivity index (χ1) is 18.3. The monoisotopic (exact) mass is 528 g/mol. The van der Waals surface area contributed by atoms with Gasteiger partial charge in [0.1, 0.15) is 12.7 Å². The summed E-state index contributed by atoms with van der Waals surface area (Å²) in [5.41, 5.74) is 1.96. The van der Waals surface area contributed by atoms with Gasteiger partial charge >= 0.3 is 6.18 Å². The number of benzene rings is 1. The lowest BCUT2D eigenvalue weighted by molar-refractivity contribution is -0.138. The number of anilines is 3. The molecule has 14 heteroatoms. The number of rotatable bonds is 7. The van der Waals surface area contributed by atoms with Crippen molar-refractivity contribution < 1.29 is 18.0 Å². The van der Waals surface area contributed by atoms with Crippen molar-refractivity contribution in [3.8, 4) is 0 Å². The van der Waals surface area contributed by atoms with Gasteiger partial charge in [-0.3, -0.25) is 14.6 Å². The summed E-state index contributed by atoms with van der Waals surface area (Å²) >= 11 is 0. The molecule has 2 aliphatic heterocycles. The molecule has 11 nitrogen and oxygen atoms in total. The van der Waals surface area contributed by atoms with Crippen LogP contribution >= 0.6 is 0 Å². The van der Waals surface area contributed by atoms with Crippen molar-refractivity contribution in [2.45, 2.75) is 25.8 Å². The molecular weight excluding hydrogens is 501 g/mol. The molecule has 4 heterocycles. The van der Waals surface area contributed by atoms with E-state index in [0.717, 1.165) is 23.4 Å². The molecule has 1 aromatic carbocycles. The SMILES string of the molecule is CNc1ncnc(Nc2cc(CN3CCN(C(=O)CN4Cc5cncnc5C4)CC3)cc(C(F)(F)F)c2)n1. The van der Waals surface area contributed by atoms with Gasteiger partial charge in [0.15, 0.2) is 0 Å². The maximum Gasteiger partial charge on any atom is 0.416 e. The number of nitrogens with zero attached hydrogens (tertiary/aromatic N) is 8. The van der Waals surface area contributed by atoms with Crippen molar-refractivity contribution in [1.82, 2.24) is 39.6 Å². The zero-order chi connectivity index (χ0) is 26.7. The molecule has 2 aromatic heterocycles. The van der Waals surface area contributed by atoms with Crippen LogP contribution in [0.4, 0.5) is 30.8 Å². The molecule has 1 saturated heterocycles. The minimum Gasteiger partial charge on any atom is -0.357 e. The zero-order valence-electron chi connectivity index (χ0n) is 20.7. The molecule has 0 unspecified atom stereocenters. The summed E-state index contributed by atoms with van der Waals surface area (Å²) in [7, 11) is 1.63. The Bertz CT molecular complexity index is 1270. The van der Waals surface area contributed by atoms with E-state index in [1.165, 1.54) is 12.7 Å². The normalized spacial score (nSPS) is 16.4. The van der Waals surface area contributed by atoms with Gasteiger partial charge in [-0.1, -0.05) is 0 Å². The second-order valence-electron chi connectivity index (χ2n) is 9.22. The number of piperazine rings is 1. The van der Waals surface area contributed by atoms with Gasteiger partial charge in [0.25, 0.3) is 0 Å². The van der Waals surface area contributed by atoms with Crippen molar-refractivity contribution in [3.05, 3.63) is 59.4 Å². The maximum atomic E-state index is 13.6. The molecule has 2 aliphatic rings. The van der Waals surface area contributed by atoms with Crippen LogP contribution in [0.3, 0.4) is 0 Å². The number of nitrogens with one attached hydrogen (secondary N) is 2. The molecule has 5 rings (SSSR count). The molecule has 1 fully saturated rings. The summed E-state index contributed by atoms with van der Waals surface area (Å²) in [6, 6.07) is 3.85. The Kier molecular flexibility index (Phi) is 7.33. The molecule has 3 aromatic rings. The van der Waals surface area contributed by atoms with Gasteiger partial charge in [0.2, 0.25) is 17.8 Å². The van der Waals surface area contributed by atoms with Crippen LogP contribution in [0.2, 0.25) is 0 Å². The number of carbonyl (C=O) groups is 1. The summed E-state index contributed by atoms with van der Waals surface area (Å²) in [5.74, 6) is 0.467.